The predicted octanol–water partition coefficient (Wildman–Crippen LogP) is 4.70. The highest BCUT2D eigenvalue weighted by molar-refractivity contribution is 9.10. The van der Waals surface area contributed by atoms with Crippen LogP contribution in [0.1, 0.15) is 33.1 Å². The Hall–Kier alpha value is -0.540. The van der Waals surface area contributed by atoms with E-state index in [1.165, 1.54) is 19.3 Å². The minimum Gasteiger partial charge on any atom is -0.383 e. The molecule has 0 aliphatic heterocycles. The van der Waals surface area contributed by atoms with E-state index in [1.54, 1.807) is 0 Å². The van der Waals surface area contributed by atoms with Gasteiger partial charge in [-0.2, -0.15) is 0 Å². The number of benzene rings is 1. The van der Waals surface area contributed by atoms with Gasteiger partial charge in [-0.15, -0.1) is 0 Å². The second-order valence-corrected chi connectivity index (χ2v) is 6.76. The Morgan fingerprint density at radius 2 is 1.95 bits per heavy atom. The molecule has 1 saturated carbocycles. The molecule has 0 saturated heterocycles. The second-order valence-electron chi connectivity index (χ2n) is 5.85. The Morgan fingerprint density at radius 1 is 1.21 bits per heavy atom. The maximum Gasteiger partial charge on any atom is 0.0642 e. The lowest BCUT2D eigenvalue weighted by Crippen LogP contribution is -2.27. The van der Waals surface area contributed by atoms with Gasteiger partial charge in [0.1, 0.15) is 0 Å². The highest BCUT2D eigenvalue weighted by Crippen LogP contribution is 2.30. The highest BCUT2D eigenvalue weighted by atomic mass is 79.9. The molecule has 19 heavy (non-hydrogen) atoms. The summed E-state index contributed by atoms with van der Waals surface area (Å²) in [6.07, 6.45) is 4.27. The first-order valence-corrected chi connectivity index (χ1v) is 8.04. The van der Waals surface area contributed by atoms with Crippen molar-refractivity contribution in [3.05, 3.63) is 28.7 Å². The van der Waals surface area contributed by atoms with Gasteiger partial charge in [0.2, 0.25) is 0 Å². The van der Waals surface area contributed by atoms with E-state index < -0.39 is 0 Å². The van der Waals surface area contributed by atoms with Gasteiger partial charge in [0, 0.05) is 16.7 Å². The molecule has 2 atom stereocenters. The van der Waals surface area contributed by atoms with Crippen LogP contribution in [0.4, 0.5) is 5.69 Å². The Kier molecular flexibility index (Phi) is 5.71. The number of halogens is 1. The van der Waals surface area contributed by atoms with E-state index >= 15 is 0 Å². The predicted molar refractivity (Wildman–Crippen MR) is 84.6 cm³/mol. The minimum absolute atomic E-state index is 0.461. The molecule has 1 N–H and O–H groups in total. The van der Waals surface area contributed by atoms with Crippen LogP contribution >= 0.6 is 15.9 Å². The van der Waals surface area contributed by atoms with E-state index in [-0.39, 0.29) is 0 Å². The molecule has 1 aliphatic rings. The lowest BCUT2D eigenvalue weighted by Gasteiger charge is -2.31. The Morgan fingerprint density at radius 3 is 2.63 bits per heavy atom. The number of nitrogens with one attached hydrogen (secondary N) is 1. The molecule has 1 fully saturated rings. The largest absolute Gasteiger partial charge is 0.383 e. The Bertz CT molecular complexity index is 386. The van der Waals surface area contributed by atoms with Crippen LogP contribution in [0.3, 0.4) is 0 Å². The molecule has 0 heterocycles. The minimum atomic E-state index is 0.461. The van der Waals surface area contributed by atoms with Gasteiger partial charge in [-0.05, 0) is 49.3 Å². The van der Waals surface area contributed by atoms with Crippen molar-refractivity contribution in [1.82, 2.24) is 0 Å². The molecule has 0 aromatic heterocycles. The van der Waals surface area contributed by atoms with E-state index in [0.717, 1.165) is 35.1 Å². The van der Waals surface area contributed by atoms with E-state index in [0.29, 0.717) is 6.10 Å². The summed E-state index contributed by atoms with van der Waals surface area (Å²) in [7, 11) is 0. The fourth-order valence-electron chi connectivity index (χ4n) is 3.03. The molecule has 1 aliphatic carbocycles. The monoisotopic (exact) mass is 325 g/mol. The van der Waals surface area contributed by atoms with Gasteiger partial charge < -0.3 is 10.1 Å². The lowest BCUT2D eigenvalue weighted by atomic mass is 9.82. The van der Waals surface area contributed by atoms with E-state index in [1.807, 2.05) is 12.1 Å². The quantitative estimate of drug-likeness (QED) is 0.792. The van der Waals surface area contributed by atoms with Gasteiger partial charge in [-0.3, -0.25) is 0 Å². The van der Waals surface area contributed by atoms with Crippen LogP contribution in [0.15, 0.2) is 28.7 Å². The van der Waals surface area contributed by atoms with Gasteiger partial charge in [-0.1, -0.05) is 35.8 Å². The van der Waals surface area contributed by atoms with Crippen LogP contribution in [0.2, 0.25) is 0 Å². The maximum absolute atomic E-state index is 6.00. The van der Waals surface area contributed by atoms with Crippen molar-refractivity contribution < 1.29 is 4.74 Å². The molecule has 106 valence electrons. The number of hydrogen-bond acceptors (Lipinski definition) is 2. The van der Waals surface area contributed by atoms with Gasteiger partial charge in [0.25, 0.3) is 0 Å². The molecule has 0 bridgehead atoms. The first-order valence-electron chi connectivity index (χ1n) is 7.24. The van der Waals surface area contributed by atoms with Crippen molar-refractivity contribution in [2.24, 2.45) is 11.8 Å². The van der Waals surface area contributed by atoms with E-state index in [4.69, 9.17) is 4.74 Å². The number of hydrogen-bond donors (Lipinski definition) is 1. The summed E-state index contributed by atoms with van der Waals surface area (Å²) < 4.78 is 7.11. The summed E-state index contributed by atoms with van der Waals surface area (Å²) >= 11 is 3.48. The standard InChI is InChI=1S/C16H24BrNO/c1-12-8-13(2)10-16(9-12)19-7-6-18-15-5-3-4-14(17)11-15/h3-5,11-13,16,18H,6-10H2,1-2H3. The van der Waals surface area contributed by atoms with E-state index in [9.17, 15) is 0 Å². The van der Waals surface area contributed by atoms with Crippen LogP contribution in [0, 0.1) is 11.8 Å². The van der Waals surface area contributed by atoms with Crippen molar-refractivity contribution >= 4 is 21.6 Å². The maximum atomic E-state index is 6.00. The summed E-state index contributed by atoms with van der Waals surface area (Å²) in [6.45, 7) is 6.34. The van der Waals surface area contributed by atoms with Crippen LogP contribution in [-0.4, -0.2) is 19.3 Å². The summed E-state index contributed by atoms with van der Waals surface area (Å²) in [4.78, 5) is 0. The van der Waals surface area contributed by atoms with Crippen molar-refractivity contribution in [2.75, 3.05) is 18.5 Å². The fourth-order valence-corrected chi connectivity index (χ4v) is 3.43. The third kappa shape index (κ3) is 5.15. The Balaban J connectivity index is 1.66. The highest BCUT2D eigenvalue weighted by Gasteiger charge is 2.24. The zero-order valence-electron chi connectivity index (χ0n) is 11.9. The van der Waals surface area contributed by atoms with Crippen LogP contribution in [0.5, 0.6) is 0 Å². The molecular formula is C16H24BrNO. The van der Waals surface area contributed by atoms with Crippen molar-refractivity contribution in [3.63, 3.8) is 0 Å². The summed E-state index contributed by atoms with van der Waals surface area (Å²) in [6, 6.07) is 8.24. The average molecular weight is 326 g/mol. The third-order valence-electron chi connectivity index (χ3n) is 3.74. The molecule has 0 spiro atoms. The smallest absolute Gasteiger partial charge is 0.0642 e. The second kappa shape index (κ2) is 7.30. The molecule has 1 aromatic carbocycles. The zero-order valence-corrected chi connectivity index (χ0v) is 13.4. The first kappa shape index (κ1) is 14.9. The van der Waals surface area contributed by atoms with Crippen molar-refractivity contribution in [3.8, 4) is 0 Å². The summed E-state index contributed by atoms with van der Waals surface area (Å²) in [5, 5.41) is 3.39. The SMILES string of the molecule is CC1CC(C)CC(OCCNc2cccc(Br)c2)C1. The number of ether oxygens (including phenoxy) is 1. The first-order chi connectivity index (χ1) is 9.13. The van der Waals surface area contributed by atoms with Crippen LogP contribution in [-0.2, 0) is 4.74 Å². The third-order valence-corrected chi connectivity index (χ3v) is 4.24. The lowest BCUT2D eigenvalue weighted by molar-refractivity contribution is 0.00618. The van der Waals surface area contributed by atoms with Crippen molar-refractivity contribution in [1.29, 1.82) is 0 Å². The number of anilines is 1. The molecule has 0 amide bonds. The topological polar surface area (TPSA) is 21.3 Å². The molecule has 1 aromatic rings. The van der Waals surface area contributed by atoms with Gasteiger partial charge >= 0.3 is 0 Å². The molecular weight excluding hydrogens is 302 g/mol. The van der Waals surface area contributed by atoms with Gasteiger partial charge in [-0.25, -0.2) is 0 Å². The van der Waals surface area contributed by atoms with Crippen LogP contribution in [0.25, 0.3) is 0 Å². The summed E-state index contributed by atoms with van der Waals surface area (Å²) in [5.74, 6) is 1.62. The zero-order chi connectivity index (χ0) is 13.7. The van der Waals surface area contributed by atoms with Crippen LogP contribution < -0.4 is 5.32 Å². The summed E-state index contributed by atoms with van der Waals surface area (Å²) in [5.41, 5.74) is 1.14. The van der Waals surface area contributed by atoms with Gasteiger partial charge in [0.15, 0.2) is 0 Å². The van der Waals surface area contributed by atoms with E-state index in [2.05, 4.69) is 47.2 Å². The number of rotatable bonds is 5. The van der Waals surface area contributed by atoms with Crippen molar-refractivity contribution in [2.45, 2.75) is 39.2 Å². The molecule has 2 rings (SSSR count). The fraction of sp³-hybridized carbons (Fsp3) is 0.625. The Labute approximate surface area is 125 Å². The molecule has 0 radical (unpaired) electrons. The normalized spacial score (nSPS) is 27.2. The molecule has 3 heteroatoms. The van der Waals surface area contributed by atoms with Gasteiger partial charge in [0.05, 0.1) is 12.7 Å². The molecule has 2 nitrogen and oxygen atoms in total. The molecule has 2 unspecified atom stereocenters. The average Bonchev–Trinajstić information content (AvgIpc) is 2.34.